The Bertz CT molecular complexity index is 627. The van der Waals surface area contributed by atoms with Crippen molar-refractivity contribution in [3.05, 3.63) is 35.6 Å². The molecule has 0 saturated carbocycles. The summed E-state index contributed by atoms with van der Waals surface area (Å²) in [6.45, 7) is 11.9. The molecule has 2 heterocycles. The van der Waals surface area contributed by atoms with Crippen LogP contribution in [0, 0.1) is 11.2 Å². The molecule has 4 nitrogen and oxygen atoms in total. The Kier molecular flexibility index (Phi) is 7.92. The molecule has 1 N–H and O–H groups in total. The molecule has 1 aromatic carbocycles. The monoisotopic (exact) mass is 489 g/mol. The van der Waals surface area contributed by atoms with Crippen LogP contribution in [0.2, 0.25) is 0 Å². The Balaban J connectivity index is 0.00000261. The molecule has 0 atom stereocenters. The molecule has 6 heteroatoms. The number of aliphatic imine (C=N–C) groups is 1. The number of nitrogens with one attached hydrogen (secondary N) is 1. The average molecular weight is 489 g/mol. The molecule has 0 aromatic heterocycles. The van der Waals surface area contributed by atoms with Gasteiger partial charge in [0.2, 0.25) is 0 Å². The average Bonchev–Trinajstić information content (AvgIpc) is 3.00. The van der Waals surface area contributed by atoms with Crippen molar-refractivity contribution in [2.45, 2.75) is 45.4 Å². The van der Waals surface area contributed by atoms with Crippen molar-refractivity contribution < 1.29 is 9.13 Å². The van der Waals surface area contributed by atoms with Crippen LogP contribution in [0.15, 0.2) is 29.3 Å². The molecule has 0 unspecified atom stereocenters. The van der Waals surface area contributed by atoms with E-state index in [-0.39, 0.29) is 35.2 Å². The third kappa shape index (κ3) is 5.56. The highest BCUT2D eigenvalue weighted by molar-refractivity contribution is 14.0. The van der Waals surface area contributed by atoms with Gasteiger partial charge in [0.25, 0.3) is 0 Å². The van der Waals surface area contributed by atoms with Gasteiger partial charge in [0.05, 0.1) is 6.54 Å². The SMILES string of the molecule is CCNC(=NCC1(c2ccc(F)cc2)CCOCC1)N1CCC(C)(C)C1.I. The van der Waals surface area contributed by atoms with Gasteiger partial charge in [0.1, 0.15) is 5.82 Å². The maximum Gasteiger partial charge on any atom is 0.193 e. The highest BCUT2D eigenvalue weighted by atomic mass is 127. The van der Waals surface area contributed by atoms with Crippen LogP contribution >= 0.6 is 24.0 Å². The zero-order valence-corrected chi connectivity index (χ0v) is 19.1. The summed E-state index contributed by atoms with van der Waals surface area (Å²) in [5, 5.41) is 3.46. The number of benzene rings is 1. The van der Waals surface area contributed by atoms with Gasteiger partial charge in [-0.2, -0.15) is 0 Å². The highest BCUT2D eigenvalue weighted by Crippen LogP contribution is 2.36. The second-order valence-electron chi connectivity index (χ2n) is 8.41. The Morgan fingerprint density at radius 1 is 1.19 bits per heavy atom. The predicted molar refractivity (Wildman–Crippen MR) is 119 cm³/mol. The van der Waals surface area contributed by atoms with Gasteiger partial charge in [-0.15, -0.1) is 24.0 Å². The highest BCUT2D eigenvalue weighted by Gasteiger charge is 2.36. The summed E-state index contributed by atoms with van der Waals surface area (Å²) >= 11 is 0. The van der Waals surface area contributed by atoms with E-state index in [1.54, 1.807) is 12.1 Å². The van der Waals surface area contributed by atoms with E-state index in [2.05, 4.69) is 31.0 Å². The van der Waals surface area contributed by atoms with Gasteiger partial charge >= 0.3 is 0 Å². The third-order valence-corrected chi connectivity index (χ3v) is 5.75. The molecule has 3 rings (SSSR count). The van der Waals surface area contributed by atoms with E-state index in [9.17, 15) is 4.39 Å². The van der Waals surface area contributed by atoms with Crippen LogP contribution in [0.5, 0.6) is 0 Å². The van der Waals surface area contributed by atoms with E-state index in [4.69, 9.17) is 9.73 Å². The molecule has 152 valence electrons. The summed E-state index contributed by atoms with van der Waals surface area (Å²) in [6, 6.07) is 6.96. The Labute approximate surface area is 180 Å². The standard InChI is InChI=1S/C21H32FN3O.HI/c1-4-23-19(25-12-9-20(2,3)16-25)24-15-21(10-13-26-14-11-21)17-5-7-18(22)8-6-17;/h5-8H,4,9-16H2,1-3H3,(H,23,24);1H. The van der Waals surface area contributed by atoms with Crippen molar-refractivity contribution in [3.8, 4) is 0 Å². The number of guanidine groups is 1. The molecule has 0 amide bonds. The van der Waals surface area contributed by atoms with Crippen LogP contribution in [0.3, 0.4) is 0 Å². The van der Waals surface area contributed by atoms with E-state index in [0.717, 1.165) is 51.6 Å². The van der Waals surface area contributed by atoms with Gasteiger partial charge in [-0.25, -0.2) is 4.39 Å². The minimum atomic E-state index is -0.188. The van der Waals surface area contributed by atoms with E-state index in [1.165, 1.54) is 12.0 Å². The summed E-state index contributed by atoms with van der Waals surface area (Å²) in [6.07, 6.45) is 3.04. The second-order valence-corrected chi connectivity index (χ2v) is 8.41. The lowest BCUT2D eigenvalue weighted by Gasteiger charge is -2.37. The summed E-state index contributed by atoms with van der Waals surface area (Å²) in [5.41, 5.74) is 1.44. The normalized spacial score (nSPS) is 21.6. The first kappa shape index (κ1) is 22.4. The fourth-order valence-electron chi connectivity index (χ4n) is 4.05. The summed E-state index contributed by atoms with van der Waals surface area (Å²) < 4.78 is 19.0. The lowest BCUT2D eigenvalue weighted by atomic mass is 9.74. The largest absolute Gasteiger partial charge is 0.381 e. The summed E-state index contributed by atoms with van der Waals surface area (Å²) in [4.78, 5) is 7.41. The molecule has 2 saturated heterocycles. The van der Waals surface area contributed by atoms with Crippen molar-refractivity contribution in [2.24, 2.45) is 10.4 Å². The molecule has 2 aliphatic rings. The van der Waals surface area contributed by atoms with E-state index in [0.29, 0.717) is 12.0 Å². The molecular formula is C21H33FIN3O. The molecule has 0 radical (unpaired) electrons. The van der Waals surface area contributed by atoms with Crippen LogP contribution in [-0.2, 0) is 10.2 Å². The number of hydrogen-bond acceptors (Lipinski definition) is 2. The Morgan fingerprint density at radius 3 is 2.41 bits per heavy atom. The van der Waals surface area contributed by atoms with Gasteiger partial charge in [0, 0.05) is 38.3 Å². The van der Waals surface area contributed by atoms with Crippen LogP contribution in [-0.4, -0.2) is 50.3 Å². The second kappa shape index (κ2) is 9.54. The van der Waals surface area contributed by atoms with Crippen molar-refractivity contribution in [1.82, 2.24) is 10.2 Å². The minimum Gasteiger partial charge on any atom is -0.381 e. The van der Waals surface area contributed by atoms with Crippen molar-refractivity contribution in [3.63, 3.8) is 0 Å². The number of hydrogen-bond donors (Lipinski definition) is 1. The maximum absolute atomic E-state index is 13.4. The summed E-state index contributed by atoms with van der Waals surface area (Å²) in [5.74, 6) is 0.818. The first-order valence-corrected chi connectivity index (χ1v) is 9.81. The fraction of sp³-hybridized carbons (Fsp3) is 0.667. The van der Waals surface area contributed by atoms with Gasteiger partial charge in [-0.1, -0.05) is 26.0 Å². The Hall–Kier alpha value is -0.890. The zero-order chi connectivity index (χ0) is 18.6. The quantitative estimate of drug-likeness (QED) is 0.392. The molecule has 27 heavy (non-hydrogen) atoms. The zero-order valence-electron chi connectivity index (χ0n) is 16.8. The third-order valence-electron chi connectivity index (χ3n) is 5.75. The lowest BCUT2D eigenvalue weighted by molar-refractivity contribution is 0.0530. The van der Waals surface area contributed by atoms with E-state index < -0.39 is 0 Å². The van der Waals surface area contributed by atoms with E-state index in [1.807, 2.05) is 12.1 Å². The van der Waals surface area contributed by atoms with Gasteiger partial charge in [-0.05, 0) is 49.3 Å². The summed E-state index contributed by atoms with van der Waals surface area (Å²) in [7, 11) is 0. The number of nitrogens with zero attached hydrogens (tertiary/aromatic N) is 2. The Morgan fingerprint density at radius 2 is 1.85 bits per heavy atom. The van der Waals surface area contributed by atoms with Gasteiger partial charge in [0.15, 0.2) is 5.96 Å². The van der Waals surface area contributed by atoms with Crippen LogP contribution in [0.4, 0.5) is 4.39 Å². The maximum atomic E-state index is 13.4. The molecule has 0 spiro atoms. The smallest absolute Gasteiger partial charge is 0.193 e. The first-order valence-electron chi connectivity index (χ1n) is 9.81. The van der Waals surface area contributed by atoms with Crippen molar-refractivity contribution in [2.75, 3.05) is 39.4 Å². The first-order chi connectivity index (χ1) is 12.4. The number of likely N-dealkylation sites (tertiary alicyclic amines) is 1. The number of rotatable bonds is 4. The number of ether oxygens (including phenoxy) is 1. The molecule has 0 bridgehead atoms. The molecular weight excluding hydrogens is 456 g/mol. The van der Waals surface area contributed by atoms with Crippen LogP contribution < -0.4 is 5.32 Å². The fourth-order valence-corrected chi connectivity index (χ4v) is 4.05. The molecule has 2 aliphatic heterocycles. The number of halogens is 2. The van der Waals surface area contributed by atoms with Crippen molar-refractivity contribution >= 4 is 29.9 Å². The minimum absolute atomic E-state index is 0. The van der Waals surface area contributed by atoms with Crippen LogP contribution in [0.1, 0.15) is 45.6 Å². The predicted octanol–water partition coefficient (Wildman–Crippen LogP) is 4.19. The molecule has 0 aliphatic carbocycles. The van der Waals surface area contributed by atoms with E-state index >= 15 is 0 Å². The van der Waals surface area contributed by atoms with Crippen LogP contribution in [0.25, 0.3) is 0 Å². The van der Waals surface area contributed by atoms with Gasteiger partial charge < -0.3 is 15.0 Å². The molecule has 1 aromatic rings. The lowest BCUT2D eigenvalue weighted by Crippen LogP contribution is -2.43. The molecule has 2 fully saturated rings. The topological polar surface area (TPSA) is 36.9 Å². The van der Waals surface area contributed by atoms with Gasteiger partial charge in [-0.3, -0.25) is 4.99 Å². The van der Waals surface area contributed by atoms with Crippen molar-refractivity contribution in [1.29, 1.82) is 0 Å².